The highest BCUT2D eigenvalue weighted by atomic mass is 79.9. The standard InChI is InChI=1S/C19H18BrFN2O2/c1-12-2-5-14(6-3-12)23-9-8-15(19(23)25)18(24)22-11-13-4-7-16(20)17(21)10-13/h2-7,10,15H,8-9,11H2,1H3,(H,22,24). The van der Waals surface area contributed by atoms with E-state index < -0.39 is 5.92 Å². The first-order chi connectivity index (χ1) is 12.0. The van der Waals surface area contributed by atoms with E-state index in [2.05, 4.69) is 21.2 Å². The summed E-state index contributed by atoms with van der Waals surface area (Å²) in [4.78, 5) is 26.5. The SMILES string of the molecule is Cc1ccc(N2CCC(C(=O)NCc3ccc(Br)c(F)c3)C2=O)cc1. The first kappa shape index (κ1) is 17.6. The Morgan fingerprint density at radius 2 is 2.00 bits per heavy atom. The van der Waals surface area contributed by atoms with Gasteiger partial charge in [-0.2, -0.15) is 0 Å². The lowest BCUT2D eigenvalue weighted by Crippen LogP contribution is -2.36. The van der Waals surface area contributed by atoms with E-state index >= 15 is 0 Å². The van der Waals surface area contributed by atoms with Gasteiger partial charge in [-0.1, -0.05) is 23.8 Å². The lowest BCUT2D eigenvalue weighted by Gasteiger charge is -2.17. The van der Waals surface area contributed by atoms with Crippen LogP contribution in [0.2, 0.25) is 0 Å². The van der Waals surface area contributed by atoms with Crippen LogP contribution in [0.4, 0.5) is 10.1 Å². The van der Waals surface area contributed by atoms with Crippen LogP contribution >= 0.6 is 15.9 Å². The third kappa shape index (κ3) is 3.90. The van der Waals surface area contributed by atoms with E-state index in [0.29, 0.717) is 23.0 Å². The third-order valence-corrected chi connectivity index (χ3v) is 4.96. The molecule has 1 atom stereocenters. The van der Waals surface area contributed by atoms with E-state index in [1.807, 2.05) is 31.2 Å². The Bertz CT molecular complexity index is 808. The van der Waals surface area contributed by atoms with Gasteiger partial charge in [0.2, 0.25) is 11.8 Å². The number of nitrogens with zero attached hydrogens (tertiary/aromatic N) is 1. The first-order valence-corrected chi connectivity index (χ1v) is 8.84. The lowest BCUT2D eigenvalue weighted by molar-refractivity contribution is -0.132. The molecule has 0 aromatic heterocycles. The average Bonchev–Trinajstić information content (AvgIpc) is 2.98. The van der Waals surface area contributed by atoms with Gasteiger partial charge < -0.3 is 10.2 Å². The Morgan fingerprint density at radius 1 is 1.28 bits per heavy atom. The molecule has 1 heterocycles. The fourth-order valence-electron chi connectivity index (χ4n) is 2.87. The fraction of sp³-hybridized carbons (Fsp3) is 0.263. The van der Waals surface area contributed by atoms with Crippen molar-refractivity contribution >= 4 is 33.4 Å². The monoisotopic (exact) mass is 404 g/mol. The van der Waals surface area contributed by atoms with Gasteiger partial charge in [0.25, 0.3) is 0 Å². The smallest absolute Gasteiger partial charge is 0.239 e. The average molecular weight is 405 g/mol. The topological polar surface area (TPSA) is 49.4 Å². The number of benzene rings is 2. The summed E-state index contributed by atoms with van der Waals surface area (Å²) in [5.74, 6) is -1.58. The molecule has 0 spiro atoms. The Morgan fingerprint density at radius 3 is 2.68 bits per heavy atom. The number of carbonyl (C=O) groups is 2. The molecule has 0 bridgehead atoms. The van der Waals surface area contributed by atoms with Crippen LogP contribution in [0.3, 0.4) is 0 Å². The van der Waals surface area contributed by atoms with Crippen LogP contribution in [0.25, 0.3) is 0 Å². The summed E-state index contributed by atoms with van der Waals surface area (Å²) in [5.41, 5.74) is 2.57. The van der Waals surface area contributed by atoms with E-state index in [0.717, 1.165) is 11.3 Å². The molecule has 1 unspecified atom stereocenters. The highest BCUT2D eigenvalue weighted by Crippen LogP contribution is 2.25. The van der Waals surface area contributed by atoms with Crippen LogP contribution in [0.1, 0.15) is 17.5 Å². The Labute approximate surface area is 154 Å². The summed E-state index contributed by atoms with van der Waals surface area (Å²) in [6.45, 7) is 2.70. The molecule has 6 heteroatoms. The summed E-state index contributed by atoms with van der Waals surface area (Å²) in [7, 11) is 0. The Kier molecular flexibility index (Phi) is 5.18. The number of anilines is 1. The second-order valence-corrected chi connectivity index (χ2v) is 6.99. The summed E-state index contributed by atoms with van der Waals surface area (Å²) in [5, 5.41) is 2.73. The predicted octanol–water partition coefficient (Wildman–Crippen LogP) is 3.57. The van der Waals surface area contributed by atoms with E-state index in [-0.39, 0.29) is 24.2 Å². The van der Waals surface area contributed by atoms with Gasteiger partial charge in [0.15, 0.2) is 0 Å². The van der Waals surface area contributed by atoms with Gasteiger partial charge in [0.1, 0.15) is 11.7 Å². The molecule has 1 fully saturated rings. The molecule has 2 amide bonds. The van der Waals surface area contributed by atoms with Crippen molar-refractivity contribution in [1.29, 1.82) is 0 Å². The number of hydrogen-bond donors (Lipinski definition) is 1. The zero-order chi connectivity index (χ0) is 18.0. The normalized spacial score (nSPS) is 17.0. The minimum absolute atomic E-state index is 0.191. The molecule has 0 radical (unpaired) electrons. The molecule has 4 nitrogen and oxygen atoms in total. The fourth-order valence-corrected chi connectivity index (χ4v) is 3.11. The molecule has 3 rings (SSSR count). The molecule has 1 aliphatic rings. The van der Waals surface area contributed by atoms with Crippen molar-refractivity contribution in [3.63, 3.8) is 0 Å². The van der Waals surface area contributed by atoms with Crippen LogP contribution in [-0.4, -0.2) is 18.4 Å². The molecule has 1 aliphatic heterocycles. The van der Waals surface area contributed by atoms with Crippen LogP contribution in [-0.2, 0) is 16.1 Å². The summed E-state index contributed by atoms with van der Waals surface area (Å²) in [6.07, 6.45) is 0.479. The van der Waals surface area contributed by atoms with Crippen LogP contribution in [0.15, 0.2) is 46.9 Å². The van der Waals surface area contributed by atoms with Crippen LogP contribution in [0, 0.1) is 18.7 Å². The van der Waals surface area contributed by atoms with Crippen molar-refractivity contribution in [3.8, 4) is 0 Å². The van der Waals surface area contributed by atoms with Gasteiger partial charge in [0.05, 0.1) is 4.47 Å². The van der Waals surface area contributed by atoms with Crippen molar-refractivity contribution in [3.05, 3.63) is 63.9 Å². The molecule has 1 N–H and O–H groups in total. The Balaban J connectivity index is 1.62. The molecule has 2 aromatic rings. The second-order valence-electron chi connectivity index (χ2n) is 6.13. The number of carbonyl (C=O) groups excluding carboxylic acids is 2. The summed E-state index contributed by atoms with van der Waals surface area (Å²) in [6, 6.07) is 12.3. The van der Waals surface area contributed by atoms with Gasteiger partial charge in [-0.25, -0.2) is 4.39 Å². The summed E-state index contributed by atoms with van der Waals surface area (Å²) < 4.78 is 13.9. The molecule has 2 aromatic carbocycles. The maximum absolute atomic E-state index is 13.5. The van der Waals surface area contributed by atoms with Gasteiger partial charge in [-0.3, -0.25) is 9.59 Å². The quantitative estimate of drug-likeness (QED) is 0.791. The maximum atomic E-state index is 13.5. The minimum Gasteiger partial charge on any atom is -0.351 e. The van der Waals surface area contributed by atoms with E-state index in [4.69, 9.17) is 0 Å². The van der Waals surface area contributed by atoms with E-state index in [9.17, 15) is 14.0 Å². The third-order valence-electron chi connectivity index (χ3n) is 4.32. The maximum Gasteiger partial charge on any atom is 0.239 e. The number of hydrogen-bond acceptors (Lipinski definition) is 2. The molecule has 1 saturated heterocycles. The molecular formula is C19H18BrFN2O2. The number of aryl methyl sites for hydroxylation is 1. The Hall–Kier alpha value is -2.21. The molecule has 25 heavy (non-hydrogen) atoms. The number of nitrogens with one attached hydrogen (secondary N) is 1. The van der Waals surface area contributed by atoms with Crippen molar-refractivity contribution < 1.29 is 14.0 Å². The number of rotatable bonds is 4. The summed E-state index contributed by atoms with van der Waals surface area (Å²) >= 11 is 3.09. The van der Waals surface area contributed by atoms with Gasteiger partial charge in [-0.05, 0) is 59.1 Å². The minimum atomic E-state index is -0.693. The lowest BCUT2D eigenvalue weighted by atomic mass is 10.1. The molecule has 0 aliphatic carbocycles. The molecular weight excluding hydrogens is 387 g/mol. The molecule has 130 valence electrons. The number of halogens is 2. The first-order valence-electron chi connectivity index (χ1n) is 8.05. The van der Waals surface area contributed by atoms with Gasteiger partial charge >= 0.3 is 0 Å². The van der Waals surface area contributed by atoms with E-state index in [1.54, 1.807) is 17.0 Å². The molecule has 0 saturated carbocycles. The highest BCUT2D eigenvalue weighted by molar-refractivity contribution is 9.10. The van der Waals surface area contributed by atoms with Gasteiger partial charge in [-0.15, -0.1) is 0 Å². The highest BCUT2D eigenvalue weighted by Gasteiger charge is 2.37. The number of amides is 2. The predicted molar refractivity (Wildman–Crippen MR) is 97.6 cm³/mol. The van der Waals surface area contributed by atoms with Crippen LogP contribution in [0.5, 0.6) is 0 Å². The van der Waals surface area contributed by atoms with Crippen molar-refractivity contribution in [2.75, 3.05) is 11.4 Å². The van der Waals surface area contributed by atoms with Crippen molar-refractivity contribution in [2.24, 2.45) is 5.92 Å². The largest absolute Gasteiger partial charge is 0.351 e. The van der Waals surface area contributed by atoms with Crippen LogP contribution < -0.4 is 10.2 Å². The van der Waals surface area contributed by atoms with E-state index in [1.165, 1.54) is 6.07 Å². The zero-order valence-electron chi connectivity index (χ0n) is 13.8. The van der Waals surface area contributed by atoms with Gasteiger partial charge in [0, 0.05) is 18.8 Å². The van der Waals surface area contributed by atoms with Crippen molar-refractivity contribution in [1.82, 2.24) is 5.32 Å². The van der Waals surface area contributed by atoms with Crippen molar-refractivity contribution in [2.45, 2.75) is 19.9 Å². The second kappa shape index (κ2) is 7.35. The zero-order valence-corrected chi connectivity index (χ0v) is 15.3.